The average molecular weight is 292 g/mol. The van der Waals surface area contributed by atoms with E-state index in [0.29, 0.717) is 24.2 Å². The first-order valence-electron chi connectivity index (χ1n) is 8.98. The smallest absolute Gasteiger partial charge is 0.306 e. The molecule has 1 saturated heterocycles. The Kier molecular flexibility index (Phi) is 6.32. The van der Waals surface area contributed by atoms with Gasteiger partial charge in [0.25, 0.3) is 0 Å². The third-order valence-electron chi connectivity index (χ3n) is 5.51. The summed E-state index contributed by atoms with van der Waals surface area (Å²) in [5.74, 6) is 1.88. The molecule has 0 aromatic rings. The van der Waals surface area contributed by atoms with Crippen molar-refractivity contribution in [3.05, 3.63) is 12.2 Å². The van der Waals surface area contributed by atoms with Gasteiger partial charge >= 0.3 is 5.97 Å². The highest BCUT2D eigenvalue weighted by atomic mass is 16.6. The van der Waals surface area contributed by atoms with Gasteiger partial charge in [-0.3, -0.25) is 4.79 Å². The normalized spacial score (nSPS) is 31.2. The van der Waals surface area contributed by atoms with Crippen molar-refractivity contribution in [3.63, 3.8) is 0 Å². The molecule has 1 saturated carbocycles. The number of carbonyl (C=O) groups excluding carboxylic acids is 1. The Labute approximate surface area is 130 Å². The highest BCUT2D eigenvalue weighted by Crippen LogP contribution is 2.47. The maximum atomic E-state index is 11.4. The van der Waals surface area contributed by atoms with Crippen LogP contribution >= 0.6 is 0 Å². The van der Waals surface area contributed by atoms with Gasteiger partial charge in [-0.1, -0.05) is 51.7 Å². The molecule has 1 aliphatic heterocycles. The Bertz CT molecular complexity index is 361. The maximum absolute atomic E-state index is 11.4. The van der Waals surface area contributed by atoms with Gasteiger partial charge in [-0.15, -0.1) is 0 Å². The van der Waals surface area contributed by atoms with Crippen LogP contribution in [0.1, 0.15) is 78.1 Å². The molecule has 1 aliphatic carbocycles. The number of unbranched alkanes of at least 4 members (excludes halogenated alkanes) is 4. The lowest BCUT2D eigenvalue weighted by molar-refractivity contribution is -0.141. The number of hydrogen-bond donors (Lipinski definition) is 0. The van der Waals surface area contributed by atoms with E-state index in [2.05, 4.69) is 20.4 Å². The zero-order chi connectivity index (χ0) is 15.2. The summed E-state index contributed by atoms with van der Waals surface area (Å²) in [5.41, 5.74) is 1.41. The minimum Gasteiger partial charge on any atom is -0.462 e. The summed E-state index contributed by atoms with van der Waals surface area (Å²) in [4.78, 5) is 11.4. The Morgan fingerprint density at radius 1 is 1.24 bits per heavy atom. The Balaban J connectivity index is 1.65. The van der Waals surface area contributed by atoms with E-state index < -0.39 is 0 Å². The number of carbonyl (C=O) groups is 1. The van der Waals surface area contributed by atoms with Gasteiger partial charge in [-0.25, -0.2) is 0 Å². The average Bonchev–Trinajstić information content (AvgIpc) is 2.91. The second-order valence-electron chi connectivity index (χ2n) is 7.23. The minimum atomic E-state index is 0.0247. The number of ether oxygens (including phenoxy) is 1. The van der Waals surface area contributed by atoms with E-state index in [1.807, 2.05) is 0 Å². The first kappa shape index (κ1) is 16.6. The standard InChI is InChI=1S/C19H32O2/c1-4-5-6-7-8-9-14(2)10-11-16-15(3)12-18-17(16)13-19(20)21-18/h15-18H,2,4-13H2,1,3H3/t15-,16+,17-,18+/m1/s1. The van der Waals surface area contributed by atoms with E-state index in [1.165, 1.54) is 50.5 Å². The number of fused-ring (bicyclic) bond motifs is 1. The lowest BCUT2D eigenvalue weighted by Crippen LogP contribution is -2.15. The van der Waals surface area contributed by atoms with Gasteiger partial charge in [0.2, 0.25) is 0 Å². The molecule has 2 fully saturated rings. The first-order chi connectivity index (χ1) is 10.1. The van der Waals surface area contributed by atoms with Gasteiger partial charge < -0.3 is 4.74 Å². The van der Waals surface area contributed by atoms with Crippen molar-refractivity contribution in [1.82, 2.24) is 0 Å². The summed E-state index contributed by atoms with van der Waals surface area (Å²) in [5, 5.41) is 0. The molecule has 0 aromatic carbocycles. The van der Waals surface area contributed by atoms with Crippen LogP contribution in [0.4, 0.5) is 0 Å². The molecule has 0 radical (unpaired) electrons. The van der Waals surface area contributed by atoms with Crippen LogP contribution in [0.3, 0.4) is 0 Å². The first-order valence-corrected chi connectivity index (χ1v) is 8.98. The molecule has 0 amide bonds. The quantitative estimate of drug-likeness (QED) is 0.329. The molecule has 21 heavy (non-hydrogen) atoms. The van der Waals surface area contributed by atoms with Crippen molar-refractivity contribution in [1.29, 1.82) is 0 Å². The van der Waals surface area contributed by atoms with Crippen LogP contribution < -0.4 is 0 Å². The molecule has 2 heteroatoms. The van der Waals surface area contributed by atoms with Crippen molar-refractivity contribution in [2.24, 2.45) is 17.8 Å². The van der Waals surface area contributed by atoms with Crippen molar-refractivity contribution >= 4 is 5.97 Å². The molecular formula is C19H32O2. The van der Waals surface area contributed by atoms with E-state index >= 15 is 0 Å². The highest BCUT2D eigenvalue weighted by molar-refractivity contribution is 5.72. The maximum Gasteiger partial charge on any atom is 0.306 e. The highest BCUT2D eigenvalue weighted by Gasteiger charge is 2.47. The largest absolute Gasteiger partial charge is 0.462 e. The zero-order valence-corrected chi connectivity index (χ0v) is 13.9. The van der Waals surface area contributed by atoms with Gasteiger partial charge in [-0.05, 0) is 43.9 Å². The van der Waals surface area contributed by atoms with Gasteiger partial charge in [0.15, 0.2) is 0 Å². The van der Waals surface area contributed by atoms with Crippen molar-refractivity contribution in [2.75, 3.05) is 0 Å². The zero-order valence-electron chi connectivity index (χ0n) is 13.9. The number of rotatable bonds is 9. The predicted octanol–water partition coefficient (Wildman–Crippen LogP) is 5.27. The second kappa shape index (κ2) is 8.00. The van der Waals surface area contributed by atoms with Crippen LogP contribution in [0, 0.1) is 17.8 Å². The Hall–Kier alpha value is -0.790. The molecule has 0 aromatic heterocycles. The molecule has 0 unspecified atom stereocenters. The molecule has 2 aliphatic rings. The SMILES string of the molecule is C=C(CCCCCCC)CC[C@@H]1[C@H]2CC(=O)O[C@H]2C[C@H]1C. The number of allylic oxidation sites excluding steroid dienone is 1. The van der Waals surface area contributed by atoms with E-state index in [9.17, 15) is 4.79 Å². The van der Waals surface area contributed by atoms with Crippen LogP contribution in [-0.4, -0.2) is 12.1 Å². The predicted molar refractivity (Wildman–Crippen MR) is 87.0 cm³/mol. The van der Waals surface area contributed by atoms with Gasteiger partial charge in [0, 0.05) is 5.92 Å². The van der Waals surface area contributed by atoms with E-state index in [-0.39, 0.29) is 12.1 Å². The summed E-state index contributed by atoms with van der Waals surface area (Å²) in [6.07, 6.45) is 12.2. The molecule has 0 spiro atoms. The third kappa shape index (κ3) is 4.59. The van der Waals surface area contributed by atoms with Crippen LogP contribution in [0.25, 0.3) is 0 Å². The Morgan fingerprint density at radius 3 is 2.76 bits per heavy atom. The third-order valence-corrected chi connectivity index (χ3v) is 5.51. The molecule has 2 nitrogen and oxygen atoms in total. The van der Waals surface area contributed by atoms with E-state index in [1.54, 1.807) is 0 Å². The summed E-state index contributed by atoms with van der Waals surface area (Å²) < 4.78 is 5.43. The van der Waals surface area contributed by atoms with Crippen LogP contribution in [0.15, 0.2) is 12.2 Å². The molecule has 4 atom stereocenters. The fourth-order valence-corrected chi connectivity index (χ4v) is 4.21. The van der Waals surface area contributed by atoms with E-state index in [4.69, 9.17) is 4.74 Å². The lowest BCUT2D eigenvalue weighted by atomic mass is 9.83. The Morgan fingerprint density at radius 2 is 2.00 bits per heavy atom. The summed E-state index contributed by atoms with van der Waals surface area (Å²) in [6.45, 7) is 8.84. The van der Waals surface area contributed by atoms with Gasteiger partial charge in [0.1, 0.15) is 6.10 Å². The van der Waals surface area contributed by atoms with Crippen LogP contribution in [0.5, 0.6) is 0 Å². The number of hydrogen-bond acceptors (Lipinski definition) is 2. The van der Waals surface area contributed by atoms with Crippen molar-refractivity contribution in [3.8, 4) is 0 Å². The summed E-state index contributed by atoms with van der Waals surface area (Å²) >= 11 is 0. The van der Waals surface area contributed by atoms with Crippen molar-refractivity contribution in [2.45, 2.75) is 84.2 Å². The number of esters is 1. The fraction of sp³-hybridized carbons (Fsp3) is 0.842. The molecule has 1 heterocycles. The molecule has 0 N–H and O–H groups in total. The summed E-state index contributed by atoms with van der Waals surface area (Å²) in [6, 6.07) is 0. The molecule has 0 bridgehead atoms. The molecule has 120 valence electrons. The van der Waals surface area contributed by atoms with Crippen molar-refractivity contribution < 1.29 is 9.53 Å². The monoisotopic (exact) mass is 292 g/mol. The van der Waals surface area contributed by atoms with Crippen LogP contribution in [0.2, 0.25) is 0 Å². The molecule has 2 rings (SSSR count). The van der Waals surface area contributed by atoms with Gasteiger partial charge in [0.05, 0.1) is 6.42 Å². The van der Waals surface area contributed by atoms with Gasteiger partial charge in [-0.2, -0.15) is 0 Å². The minimum absolute atomic E-state index is 0.0247. The summed E-state index contributed by atoms with van der Waals surface area (Å²) in [7, 11) is 0. The topological polar surface area (TPSA) is 26.3 Å². The van der Waals surface area contributed by atoms with Crippen LogP contribution in [-0.2, 0) is 9.53 Å². The fourth-order valence-electron chi connectivity index (χ4n) is 4.21. The second-order valence-corrected chi connectivity index (χ2v) is 7.23. The molecular weight excluding hydrogens is 260 g/mol. The van der Waals surface area contributed by atoms with E-state index in [0.717, 1.165) is 12.8 Å². The lowest BCUT2D eigenvalue weighted by Gasteiger charge is -2.20.